The first kappa shape index (κ1) is 13.1. The SMILES string of the molecule is Cc1ccc(S(=O)(=O)NC2CC(=O)N(C3CC3)C2)s1. The van der Waals surface area contributed by atoms with Crippen LogP contribution in [0.3, 0.4) is 0 Å². The molecular weight excluding hydrogens is 284 g/mol. The van der Waals surface area contributed by atoms with Gasteiger partial charge in [-0.3, -0.25) is 4.79 Å². The van der Waals surface area contributed by atoms with Gasteiger partial charge in [-0.05, 0) is 31.9 Å². The Kier molecular flexibility index (Phi) is 3.15. The molecule has 1 saturated carbocycles. The van der Waals surface area contributed by atoms with Crippen LogP contribution in [0.1, 0.15) is 24.1 Å². The van der Waals surface area contributed by atoms with Crippen LogP contribution in [0.5, 0.6) is 0 Å². The summed E-state index contributed by atoms with van der Waals surface area (Å²) in [4.78, 5) is 14.6. The topological polar surface area (TPSA) is 66.5 Å². The van der Waals surface area contributed by atoms with Crippen molar-refractivity contribution >= 4 is 27.3 Å². The second-order valence-corrected chi connectivity index (χ2v) is 8.39. The highest BCUT2D eigenvalue weighted by Gasteiger charge is 2.40. The molecule has 0 aromatic carbocycles. The molecule has 104 valence electrons. The quantitative estimate of drug-likeness (QED) is 0.905. The van der Waals surface area contributed by atoms with Crippen LogP contribution >= 0.6 is 11.3 Å². The van der Waals surface area contributed by atoms with Crippen LogP contribution in [-0.4, -0.2) is 37.9 Å². The van der Waals surface area contributed by atoms with Gasteiger partial charge in [0, 0.05) is 29.9 Å². The zero-order chi connectivity index (χ0) is 13.6. The van der Waals surface area contributed by atoms with Gasteiger partial charge in [0.1, 0.15) is 4.21 Å². The maximum Gasteiger partial charge on any atom is 0.250 e. The van der Waals surface area contributed by atoms with E-state index in [2.05, 4.69) is 4.72 Å². The Morgan fingerprint density at radius 1 is 1.37 bits per heavy atom. The van der Waals surface area contributed by atoms with E-state index in [1.54, 1.807) is 12.1 Å². The fourth-order valence-corrected chi connectivity index (χ4v) is 4.91. The molecular formula is C12H16N2O3S2. The van der Waals surface area contributed by atoms with Crippen LogP contribution < -0.4 is 4.72 Å². The number of nitrogens with one attached hydrogen (secondary N) is 1. The highest BCUT2D eigenvalue weighted by molar-refractivity contribution is 7.91. The molecule has 19 heavy (non-hydrogen) atoms. The van der Waals surface area contributed by atoms with Gasteiger partial charge in [-0.15, -0.1) is 11.3 Å². The largest absolute Gasteiger partial charge is 0.338 e. The zero-order valence-corrected chi connectivity index (χ0v) is 12.3. The maximum atomic E-state index is 12.2. The summed E-state index contributed by atoms with van der Waals surface area (Å²) in [5, 5.41) is 0. The van der Waals surface area contributed by atoms with E-state index >= 15 is 0 Å². The highest BCUT2D eigenvalue weighted by atomic mass is 32.2. The highest BCUT2D eigenvalue weighted by Crippen LogP contribution is 2.31. The third kappa shape index (κ3) is 2.68. The summed E-state index contributed by atoms with van der Waals surface area (Å²) in [6.07, 6.45) is 2.38. The fraction of sp³-hybridized carbons (Fsp3) is 0.583. The second kappa shape index (κ2) is 4.57. The number of carbonyl (C=O) groups excluding carboxylic acids is 1. The average molecular weight is 300 g/mol. The van der Waals surface area contributed by atoms with Crippen LogP contribution in [0.15, 0.2) is 16.3 Å². The van der Waals surface area contributed by atoms with Crippen LogP contribution in [0.25, 0.3) is 0 Å². The van der Waals surface area contributed by atoms with E-state index in [1.807, 2.05) is 11.8 Å². The Bertz CT molecular complexity index is 604. The molecule has 1 atom stereocenters. The van der Waals surface area contributed by atoms with Gasteiger partial charge in [0.05, 0.1) is 0 Å². The van der Waals surface area contributed by atoms with Gasteiger partial charge in [-0.25, -0.2) is 13.1 Å². The van der Waals surface area contributed by atoms with Gasteiger partial charge in [0.15, 0.2) is 0 Å². The molecule has 0 spiro atoms. The van der Waals surface area contributed by atoms with E-state index < -0.39 is 10.0 Å². The summed E-state index contributed by atoms with van der Waals surface area (Å²) < 4.78 is 27.3. The van der Waals surface area contributed by atoms with Gasteiger partial charge < -0.3 is 4.90 Å². The molecule has 2 aliphatic rings. The lowest BCUT2D eigenvalue weighted by Crippen LogP contribution is -2.37. The molecule has 3 rings (SSSR count). The van der Waals surface area contributed by atoms with Crippen molar-refractivity contribution in [1.29, 1.82) is 0 Å². The van der Waals surface area contributed by atoms with Gasteiger partial charge in [0.2, 0.25) is 15.9 Å². The lowest BCUT2D eigenvalue weighted by Gasteiger charge is -2.15. The summed E-state index contributed by atoms with van der Waals surface area (Å²) in [6.45, 7) is 2.38. The average Bonchev–Trinajstić information content (AvgIpc) is 2.96. The van der Waals surface area contributed by atoms with E-state index in [0.717, 1.165) is 17.7 Å². The molecule has 2 fully saturated rings. The molecule has 2 heterocycles. The molecule has 1 aromatic rings. The molecule has 0 bridgehead atoms. The van der Waals surface area contributed by atoms with Crippen molar-refractivity contribution in [3.63, 3.8) is 0 Å². The van der Waals surface area contributed by atoms with Crippen molar-refractivity contribution in [1.82, 2.24) is 9.62 Å². The third-order valence-corrected chi connectivity index (χ3v) is 6.46. The minimum absolute atomic E-state index is 0.0672. The van der Waals surface area contributed by atoms with Crippen molar-refractivity contribution in [2.45, 2.75) is 42.5 Å². The van der Waals surface area contributed by atoms with Crippen molar-refractivity contribution in [3.8, 4) is 0 Å². The number of carbonyl (C=O) groups is 1. The molecule has 5 nitrogen and oxygen atoms in total. The zero-order valence-electron chi connectivity index (χ0n) is 10.6. The van der Waals surface area contributed by atoms with Crippen LogP contribution in [0, 0.1) is 6.92 Å². The Labute approximate surface area is 116 Å². The molecule has 7 heteroatoms. The number of sulfonamides is 1. The molecule has 1 amide bonds. The smallest absolute Gasteiger partial charge is 0.250 e. The van der Waals surface area contributed by atoms with E-state index in [9.17, 15) is 13.2 Å². The summed E-state index contributed by atoms with van der Waals surface area (Å²) in [6, 6.07) is 3.46. The minimum Gasteiger partial charge on any atom is -0.338 e. The number of thiophene rings is 1. The Balaban J connectivity index is 1.70. The van der Waals surface area contributed by atoms with Crippen molar-refractivity contribution in [3.05, 3.63) is 17.0 Å². The van der Waals surface area contributed by atoms with E-state index in [1.165, 1.54) is 11.3 Å². The molecule has 1 aliphatic heterocycles. The second-order valence-electron chi connectivity index (χ2n) is 5.16. The summed E-state index contributed by atoms with van der Waals surface area (Å²) >= 11 is 1.25. The molecule has 1 N–H and O–H groups in total. The normalized spacial score (nSPS) is 24.2. The molecule has 1 aliphatic carbocycles. The number of likely N-dealkylation sites (tertiary alicyclic amines) is 1. The third-order valence-electron chi connectivity index (χ3n) is 3.45. The lowest BCUT2D eigenvalue weighted by molar-refractivity contribution is -0.128. The maximum absolute atomic E-state index is 12.2. The molecule has 1 unspecified atom stereocenters. The number of rotatable bonds is 4. The predicted molar refractivity (Wildman–Crippen MR) is 72.5 cm³/mol. The number of nitrogens with zero attached hydrogens (tertiary/aromatic N) is 1. The molecule has 0 radical (unpaired) electrons. The van der Waals surface area contributed by atoms with Gasteiger partial charge in [-0.1, -0.05) is 0 Å². The van der Waals surface area contributed by atoms with Crippen molar-refractivity contribution < 1.29 is 13.2 Å². The van der Waals surface area contributed by atoms with E-state index in [0.29, 0.717) is 16.8 Å². The Morgan fingerprint density at radius 3 is 2.68 bits per heavy atom. The number of hydrogen-bond acceptors (Lipinski definition) is 4. The Hall–Kier alpha value is -0.920. The van der Waals surface area contributed by atoms with Gasteiger partial charge in [-0.2, -0.15) is 0 Å². The Morgan fingerprint density at radius 2 is 2.11 bits per heavy atom. The first-order chi connectivity index (χ1) is 8.95. The number of amides is 1. The van der Waals surface area contributed by atoms with Gasteiger partial charge in [0.25, 0.3) is 0 Å². The van der Waals surface area contributed by atoms with Crippen molar-refractivity contribution in [2.24, 2.45) is 0 Å². The van der Waals surface area contributed by atoms with Gasteiger partial charge >= 0.3 is 0 Å². The summed E-state index contributed by atoms with van der Waals surface area (Å²) in [5.74, 6) is 0.0672. The first-order valence-electron chi connectivity index (χ1n) is 6.34. The molecule has 1 saturated heterocycles. The monoisotopic (exact) mass is 300 g/mol. The summed E-state index contributed by atoms with van der Waals surface area (Å²) in [5.41, 5.74) is 0. The standard InChI is InChI=1S/C12H16N2O3S2/c1-8-2-5-12(18-8)19(16,17)13-9-6-11(15)14(7-9)10-3-4-10/h2,5,9-10,13H,3-4,6-7H2,1H3. The fourth-order valence-electron chi connectivity index (χ4n) is 2.38. The van der Waals surface area contributed by atoms with E-state index in [4.69, 9.17) is 0 Å². The summed E-state index contributed by atoms with van der Waals surface area (Å²) in [7, 11) is -3.49. The number of aryl methyl sites for hydroxylation is 1. The first-order valence-corrected chi connectivity index (χ1v) is 8.64. The number of hydrogen-bond donors (Lipinski definition) is 1. The van der Waals surface area contributed by atoms with Crippen molar-refractivity contribution in [2.75, 3.05) is 6.54 Å². The van der Waals surface area contributed by atoms with Crippen LogP contribution in [-0.2, 0) is 14.8 Å². The predicted octanol–water partition coefficient (Wildman–Crippen LogP) is 1.10. The lowest BCUT2D eigenvalue weighted by atomic mass is 10.3. The molecule has 1 aromatic heterocycles. The van der Waals surface area contributed by atoms with Crippen LogP contribution in [0.4, 0.5) is 0 Å². The van der Waals surface area contributed by atoms with Crippen LogP contribution in [0.2, 0.25) is 0 Å². The van der Waals surface area contributed by atoms with E-state index in [-0.39, 0.29) is 18.4 Å². The minimum atomic E-state index is -3.49.